The van der Waals surface area contributed by atoms with Crippen molar-refractivity contribution in [2.45, 2.75) is 76.9 Å². The van der Waals surface area contributed by atoms with Crippen LogP contribution in [0, 0.1) is 0 Å². The maximum absolute atomic E-state index is 6.52. The molecule has 3 heteroatoms. The maximum Gasteiger partial charge on any atom is 0.494 e. The van der Waals surface area contributed by atoms with Gasteiger partial charge in [-0.25, -0.2) is 0 Å². The van der Waals surface area contributed by atoms with E-state index in [1.165, 1.54) is 81.5 Å². The first-order valence-electron chi connectivity index (χ1n) is 15.3. The fraction of sp³-hybridized carbons (Fsp3) is 0.316. The van der Waals surface area contributed by atoms with Crippen LogP contribution in [0.1, 0.15) is 71.3 Å². The second kappa shape index (κ2) is 10.2. The SMILES string of the molecule is CC1(C)OB(c2cc(-c3ccc4cc(-c5cccc6ccccc56)ccc4c3)cc(C3CCCCC3)c2)OC1(C)C. The van der Waals surface area contributed by atoms with E-state index in [0.717, 1.165) is 5.46 Å². The van der Waals surface area contributed by atoms with Gasteiger partial charge in [-0.05, 0) is 113 Å². The van der Waals surface area contributed by atoms with Crippen molar-refractivity contribution in [1.29, 1.82) is 0 Å². The Morgan fingerprint density at radius 1 is 0.585 bits per heavy atom. The van der Waals surface area contributed by atoms with E-state index in [0.29, 0.717) is 5.92 Å². The van der Waals surface area contributed by atoms with Gasteiger partial charge in [0, 0.05) is 0 Å². The molecular formula is C38H39BO2. The van der Waals surface area contributed by atoms with E-state index < -0.39 is 0 Å². The first-order chi connectivity index (χ1) is 19.8. The highest BCUT2D eigenvalue weighted by Gasteiger charge is 2.51. The number of hydrogen-bond acceptors (Lipinski definition) is 2. The molecule has 206 valence electrons. The van der Waals surface area contributed by atoms with E-state index in [1.807, 2.05) is 0 Å². The summed E-state index contributed by atoms with van der Waals surface area (Å²) in [4.78, 5) is 0. The van der Waals surface area contributed by atoms with Gasteiger partial charge in [0.25, 0.3) is 0 Å². The van der Waals surface area contributed by atoms with Gasteiger partial charge >= 0.3 is 7.12 Å². The molecule has 0 amide bonds. The number of rotatable bonds is 4. The lowest BCUT2D eigenvalue weighted by Crippen LogP contribution is -2.41. The first-order valence-corrected chi connectivity index (χ1v) is 15.3. The Labute approximate surface area is 244 Å². The molecule has 2 aliphatic rings. The highest BCUT2D eigenvalue weighted by atomic mass is 16.7. The summed E-state index contributed by atoms with van der Waals surface area (Å²) in [5, 5.41) is 5.08. The molecule has 7 rings (SSSR count). The summed E-state index contributed by atoms with van der Waals surface area (Å²) in [5.74, 6) is 0.605. The molecule has 1 heterocycles. The summed E-state index contributed by atoms with van der Waals surface area (Å²) in [5.41, 5.74) is 6.87. The molecule has 5 aromatic rings. The Morgan fingerprint density at radius 2 is 1.24 bits per heavy atom. The second-order valence-corrected chi connectivity index (χ2v) is 13.1. The number of hydrogen-bond donors (Lipinski definition) is 0. The van der Waals surface area contributed by atoms with Crippen molar-refractivity contribution in [1.82, 2.24) is 0 Å². The minimum Gasteiger partial charge on any atom is -0.399 e. The standard InChI is InChI=1S/C38H39BO2/c1-37(2)38(3,4)41-39(40-37)34-24-32(26-11-6-5-7-12-26)23-33(25-34)30-18-17-29-22-31(20-19-28(29)21-30)36-16-10-14-27-13-8-9-15-35(27)36/h8-10,13-26H,5-7,11-12H2,1-4H3. The van der Waals surface area contributed by atoms with Gasteiger partial charge in [0.15, 0.2) is 0 Å². The molecule has 0 aromatic heterocycles. The van der Waals surface area contributed by atoms with Crippen molar-refractivity contribution < 1.29 is 9.31 Å². The third-order valence-electron chi connectivity index (χ3n) is 9.85. The molecule has 0 atom stereocenters. The van der Waals surface area contributed by atoms with Crippen LogP contribution in [-0.4, -0.2) is 18.3 Å². The van der Waals surface area contributed by atoms with Crippen molar-refractivity contribution in [3.63, 3.8) is 0 Å². The van der Waals surface area contributed by atoms with E-state index in [-0.39, 0.29) is 18.3 Å². The lowest BCUT2D eigenvalue weighted by molar-refractivity contribution is 0.00578. The molecule has 1 aliphatic carbocycles. The van der Waals surface area contributed by atoms with Crippen molar-refractivity contribution in [2.75, 3.05) is 0 Å². The van der Waals surface area contributed by atoms with Crippen molar-refractivity contribution in [2.24, 2.45) is 0 Å². The second-order valence-electron chi connectivity index (χ2n) is 13.1. The normalized spacial score (nSPS) is 18.8. The van der Waals surface area contributed by atoms with Gasteiger partial charge in [-0.2, -0.15) is 0 Å². The summed E-state index contributed by atoms with van der Waals surface area (Å²) >= 11 is 0. The molecular weight excluding hydrogens is 499 g/mol. The third kappa shape index (κ3) is 4.90. The molecule has 0 bridgehead atoms. The van der Waals surface area contributed by atoms with Crippen LogP contribution in [0.25, 0.3) is 43.8 Å². The molecule has 0 radical (unpaired) electrons. The van der Waals surface area contributed by atoms with Crippen LogP contribution in [0.15, 0.2) is 97.1 Å². The Bertz CT molecular complexity index is 1720. The molecule has 2 fully saturated rings. The summed E-state index contributed by atoms with van der Waals surface area (Å²) < 4.78 is 13.0. The zero-order valence-electron chi connectivity index (χ0n) is 24.7. The number of benzene rings is 5. The molecule has 0 unspecified atom stereocenters. The van der Waals surface area contributed by atoms with Gasteiger partial charge in [0.05, 0.1) is 11.2 Å². The predicted octanol–water partition coefficient (Wildman–Crippen LogP) is 9.67. The van der Waals surface area contributed by atoms with Crippen LogP contribution in [0.4, 0.5) is 0 Å². The van der Waals surface area contributed by atoms with E-state index in [2.05, 4.69) is 125 Å². The minimum absolute atomic E-state index is 0.356. The molecule has 5 aromatic carbocycles. The van der Waals surface area contributed by atoms with Crippen LogP contribution in [0.2, 0.25) is 0 Å². The smallest absolute Gasteiger partial charge is 0.399 e. The zero-order valence-corrected chi connectivity index (χ0v) is 24.7. The lowest BCUT2D eigenvalue weighted by atomic mass is 9.74. The van der Waals surface area contributed by atoms with E-state index >= 15 is 0 Å². The average Bonchev–Trinajstić information content (AvgIpc) is 3.22. The quantitative estimate of drug-likeness (QED) is 0.212. The van der Waals surface area contributed by atoms with Gasteiger partial charge < -0.3 is 9.31 Å². The van der Waals surface area contributed by atoms with E-state index in [4.69, 9.17) is 9.31 Å². The van der Waals surface area contributed by atoms with Crippen molar-refractivity contribution in [3.05, 3.63) is 103 Å². The fourth-order valence-corrected chi connectivity index (χ4v) is 6.70. The third-order valence-corrected chi connectivity index (χ3v) is 9.85. The zero-order chi connectivity index (χ0) is 28.2. The minimum atomic E-state index is -0.358. The Balaban J connectivity index is 1.28. The van der Waals surface area contributed by atoms with Gasteiger partial charge in [-0.3, -0.25) is 0 Å². The summed E-state index contributed by atoms with van der Waals surface area (Å²) in [6, 6.07) is 36.1. The van der Waals surface area contributed by atoms with Crippen LogP contribution >= 0.6 is 0 Å². The Hall–Kier alpha value is -3.40. The topological polar surface area (TPSA) is 18.5 Å². The van der Waals surface area contributed by atoms with Gasteiger partial charge in [-0.1, -0.05) is 104 Å². The first kappa shape index (κ1) is 26.5. The van der Waals surface area contributed by atoms with Gasteiger partial charge in [0.2, 0.25) is 0 Å². The van der Waals surface area contributed by atoms with Crippen LogP contribution in [-0.2, 0) is 9.31 Å². The molecule has 1 aliphatic heterocycles. The van der Waals surface area contributed by atoms with Crippen molar-refractivity contribution in [3.8, 4) is 22.3 Å². The molecule has 0 N–H and O–H groups in total. The predicted molar refractivity (Wildman–Crippen MR) is 174 cm³/mol. The van der Waals surface area contributed by atoms with Crippen LogP contribution in [0.3, 0.4) is 0 Å². The number of fused-ring (bicyclic) bond motifs is 2. The highest BCUT2D eigenvalue weighted by molar-refractivity contribution is 6.62. The average molecular weight is 539 g/mol. The molecule has 1 saturated heterocycles. The summed E-state index contributed by atoms with van der Waals surface area (Å²) in [6.07, 6.45) is 6.51. The molecule has 0 spiro atoms. The molecule has 1 saturated carbocycles. The summed E-state index contributed by atoms with van der Waals surface area (Å²) in [6.45, 7) is 8.53. The summed E-state index contributed by atoms with van der Waals surface area (Å²) in [7, 11) is -0.356. The Kier molecular flexibility index (Phi) is 6.56. The van der Waals surface area contributed by atoms with Gasteiger partial charge in [0.1, 0.15) is 0 Å². The monoisotopic (exact) mass is 538 g/mol. The van der Waals surface area contributed by atoms with E-state index in [9.17, 15) is 0 Å². The molecule has 41 heavy (non-hydrogen) atoms. The Morgan fingerprint density at radius 3 is 2.00 bits per heavy atom. The largest absolute Gasteiger partial charge is 0.494 e. The lowest BCUT2D eigenvalue weighted by Gasteiger charge is -2.32. The highest BCUT2D eigenvalue weighted by Crippen LogP contribution is 2.39. The molecule has 2 nitrogen and oxygen atoms in total. The van der Waals surface area contributed by atoms with Crippen molar-refractivity contribution >= 4 is 34.1 Å². The van der Waals surface area contributed by atoms with Crippen LogP contribution in [0.5, 0.6) is 0 Å². The van der Waals surface area contributed by atoms with Gasteiger partial charge in [-0.15, -0.1) is 0 Å². The van der Waals surface area contributed by atoms with Crippen LogP contribution < -0.4 is 5.46 Å². The fourth-order valence-electron chi connectivity index (χ4n) is 6.70. The maximum atomic E-state index is 6.52. The van der Waals surface area contributed by atoms with E-state index in [1.54, 1.807) is 0 Å².